The van der Waals surface area contributed by atoms with E-state index in [0.29, 0.717) is 17.7 Å². The van der Waals surface area contributed by atoms with Crippen LogP contribution in [0.1, 0.15) is 12.8 Å². The summed E-state index contributed by atoms with van der Waals surface area (Å²) in [6.45, 7) is 3.79. The molecule has 2 rings (SSSR count). The van der Waals surface area contributed by atoms with Crippen LogP contribution in [0.2, 0.25) is 5.02 Å². The molecular weight excluding hydrogens is 351 g/mol. The van der Waals surface area contributed by atoms with Gasteiger partial charge in [-0.25, -0.2) is 0 Å². The molecule has 1 aromatic carbocycles. The van der Waals surface area contributed by atoms with Gasteiger partial charge in [-0.15, -0.1) is 12.4 Å². The third-order valence-corrected chi connectivity index (χ3v) is 4.05. The lowest BCUT2D eigenvalue weighted by Gasteiger charge is -2.29. The van der Waals surface area contributed by atoms with Crippen molar-refractivity contribution >= 4 is 39.9 Å². The predicted molar refractivity (Wildman–Crippen MR) is 85.5 cm³/mol. The van der Waals surface area contributed by atoms with Crippen molar-refractivity contribution in [3.05, 3.63) is 27.7 Å². The zero-order chi connectivity index (χ0) is 13.0. The van der Waals surface area contributed by atoms with E-state index in [9.17, 15) is 0 Å². The van der Waals surface area contributed by atoms with E-state index < -0.39 is 0 Å². The number of halogens is 3. The molecule has 1 fully saturated rings. The van der Waals surface area contributed by atoms with Crippen LogP contribution in [-0.2, 0) is 0 Å². The first-order valence-corrected chi connectivity index (χ1v) is 7.38. The third-order valence-electron chi connectivity index (χ3n) is 3.19. The van der Waals surface area contributed by atoms with E-state index in [4.69, 9.17) is 22.1 Å². The second-order valence-electron chi connectivity index (χ2n) is 4.60. The summed E-state index contributed by atoms with van der Waals surface area (Å²) in [7, 11) is 0. The van der Waals surface area contributed by atoms with Crippen molar-refractivity contribution in [2.24, 2.45) is 5.73 Å². The summed E-state index contributed by atoms with van der Waals surface area (Å²) in [5.41, 5.74) is 5.87. The summed E-state index contributed by atoms with van der Waals surface area (Å²) in [6, 6.07) is 5.95. The highest BCUT2D eigenvalue weighted by Gasteiger charge is 2.15. The number of likely N-dealkylation sites (tertiary alicyclic amines) is 1. The largest absolute Gasteiger partial charge is 0.491 e. The number of hydrogen-bond donors (Lipinski definition) is 1. The molecule has 19 heavy (non-hydrogen) atoms. The normalized spacial score (nSPS) is 17.0. The Bertz CT molecular complexity index is 398. The van der Waals surface area contributed by atoms with Crippen LogP contribution in [0, 0.1) is 0 Å². The maximum Gasteiger partial charge on any atom is 0.133 e. The van der Waals surface area contributed by atoms with Gasteiger partial charge >= 0.3 is 0 Å². The quantitative estimate of drug-likeness (QED) is 0.884. The Labute approximate surface area is 134 Å². The summed E-state index contributed by atoms with van der Waals surface area (Å²) in [5.74, 6) is 0.841. The van der Waals surface area contributed by atoms with E-state index in [1.165, 1.54) is 0 Å². The Morgan fingerprint density at radius 2 is 2.05 bits per heavy atom. The predicted octanol–water partition coefficient (Wildman–Crippen LogP) is 3.33. The first kappa shape index (κ1) is 17.1. The van der Waals surface area contributed by atoms with Crippen LogP contribution in [0.4, 0.5) is 0 Å². The fourth-order valence-electron chi connectivity index (χ4n) is 2.05. The minimum atomic E-state index is 0. The molecule has 0 atom stereocenters. The molecule has 3 nitrogen and oxygen atoms in total. The SMILES string of the molecule is Cl.NC1CCN(CCOc2ccc(Cl)cc2Br)CC1. The molecule has 1 aliphatic rings. The zero-order valence-electron chi connectivity index (χ0n) is 10.6. The molecule has 1 heterocycles. The molecule has 1 aromatic rings. The molecule has 0 saturated carbocycles. The van der Waals surface area contributed by atoms with E-state index in [-0.39, 0.29) is 12.4 Å². The molecule has 2 N–H and O–H groups in total. The maximum absolute atomic E-state index is 5.88. The molecule has 108 valence electrons. The van der Waals surface area contributed by atoms with Gasteiger partial charge < -0.3 is 10.5 Å². The van der Waals surface area contributed by atoms with E-state index in [1.807, 2.05) is 18.2 Å². The molecule has 0 aliphatic carbocycles. The molecule has 1 aliphatic heterocycles. The first-order chi connectivity index (χ1) is 8.65. The lowest BCUT2D eigenvalue weighted by molar-refractivity contribution is 0.174. The molecule has 0 unspecified atom stereocenters. The highest BCUT2D eigenvalue weighted by Crippen LogP contribution is 2.27. The van der Waals surface area contributed by atoms with Crippen LogP contribution in [0.3, 0.4) is 0 Å². The molecule has 0 radical (unpaired) electrons. The van der Waals surface area contributed by atoms with Crippen molar-refractivity contribution in [3.8, 4) is 5.75 Å². The molecule has 0 bridgehead atoms. The van der Waals surface area contributed by atoms with Gasteiger partial charge in [0.25, 0.3) is 0 Å². The van der Waals surface area contributed by atoms with Gasteiger partial charge in [0.2, 0.25) is 0 Å². The smallest absolute Gasteiger partial charge is 0.133 e. The zero-order valence-corrected chi connectivity index (χ0v) is 13.8. The number of hydrogen-bond acceptors (Lipinski definition) is 3. The summed E-state index contributed by atoms with van der Waals surface area (Å²) >= 11 is 9.32. The topological polar surface area (TPSA) is 38.5 Å². The van der Waals surface area contributed by atoms with E-state index >= 15 is 0 Å². The van der Waals surface area contributed by atoms with Crippen LogP contribution >= 0.6 is 39.9 Å². The molecule has 0 spiro atoms. The van der Waals surface area contributed by atoms with Gasteiger partial charge in [0.05, 0.1) is 4.47 Å². The van der Waals surface area contributed by atoms with E-state index in [1.54, 1.807) is 0 Å². The molecule has 6 heteroatoms. The Morgan fingerprint density at radius 3 is 2.68 bits per heavy atom. The lowest BCUT2D eigenvalue weighted by Crippen LogP contribution is -2.41. The van der Waals surface area contributed by atoms with Gasteiger partial charge in [0, 0.05) is 17.6 Å². The highest BCUT2D eigenvalue weighted by molar-refractivity contribution is 9.10. The van der Waals surface area contributed by atoms with Crippen LogP contribution in [0.15, 0.2) is 22.7 Å². The Balaban J connectivity index is 0.00000180. The van der Waals surface area contributed by atoms with Gasteiger partial charge in [-0.3, -0.25) is 4.90 Å². The maximum atomic E-state index is 5.88. The van der Waals surface area contributed by atoms with Crippen LogP contribution < -0.4 is 10.5 Å². The minimum Gasteiger partial charge on any atom is -0.491 e. The summed E-state index contributed by atoms with van der Waals surface area (Å²) in [6.07, 6.45) is 2.18. The molecule has 0 aromatic heterocycles. The highest BCUT2D eigenvalue weighted by atomic mass is 79.9. The Hall–Kier alpha value is -0.0000000000000000555. The van der Waals surface area contributed by atoms with Gasteiger partial charge in [-0.2, -0.15) is 0 Å². The van der Waals surface area contributed by atoms with Crippen molar-refractivity contribution in [1.29, 1.82) is 0 Å². The van der Waals surface area contributed by atoms with Gasteiger partial charge in [-0.1, -0.05) is 11.6 Å². The van der Waals surface area contributed by atoms with Crippen molar-refractivity contribution in [2.45, 2.75) is 18.9 Å². The van der Waals surface area contributed by atoms with Crippen molar-refractivity contribution in [1.82, 2.24) is 4.90 Å². The fraction of sp³-hybridized carbons (Fsp3) is 0.538. The van der Waals surface area contributed by atoms with Crippen molar-refractivity contribution < 1.29 is 4.74 Å². The van der Waals surface area contributed by atoms with E-state index in [2.05, 4.69) is 20.8 Å². The molecule has 1 saturated heterocycles. The van der Waals surface area contributed by atoms with E-state index in [0.717, 1.165) is 42.7 Å². The molecular formula is C13H19BrCl2N2O. The monoisotopic (exact) mass is 368 g/mol. The summed E-state index contributed by atoms with van der Waals surface area (Å²) < 4.78 is 6.64. The number of rotatable bonds is 4. The Kier molecular flexibility index (Phi) is 7.47. The van der Waals surface area contributed by atoms with Crippen LogP contribution in [0.5, 0.6) is 5.75 Å². The second kappa shape index (κ2) is 8.32. The number of piperidine rings is 1. The number of ether oxygens (including phenoxy) is 1. The average molecular weight is 370 g/mol. The van der Waals surface area contributed by atoms with Crippen LogP contribution in [-0.4, -0.2) is 37.2 Å². The van der Waals surface area contributed by atoms with Gasteiger partial charge in [0.15, 0.2) is 0 Å². The first-order valence-electron chi connectivity index (χ1n) is 6.21. The average Bonchev–Trinajstić information content (AvgIpc) is 2.34. The summed E-state index contributed by atoms with van der Waals surface area (Å²) in [5, 5.41) is 0.708. The number of nitrogens with zero attached hydrogens (tertiary/aromatic N) is 1. The number of nitrogens with two attached hydrogens (primary N) is 1. The van der Waals surface area contributed by atoms with Gasteiger partial charge in [0.1, 0.15) is 12.4 Å². The number of benzene rings is 1. The molecule has 0 amide bonds. The summed E-state index contributed by atoms with van der Waals surface area (Å²) in [4.78, 5) is 2.40. The van der Waals surface area contributed by atoms with Crippen molar-refractivity contribution in [2.75, 3.05) is 26.2 Å². The fourth-order valence-corrected chi connectivity index (χ4v) is 2.85. The lowest BCUT2D eigenvalue weighted by atomic mass is 10.1. The van der Waals surface area contributed by atoms with Crippen molar-refractivity contribution in [3.63, 3.8) is 0 Å². The van der Waals surface area contributed by atoms with Crippen LogP contribution in [0.25, 0.3) is 0 Å². The third kappa shape index (κ3) is 5.48. The standard InChI is InChI=1S/C13H18BrClN2O.ClH/c14-12-9-10(15)1-2-13(12)18-8-7-17-5-3-11(16)4-6-17;/h1-2,9,11H,3-8,16H2;1H. The minimum absolute atomic E-state index is 0. The Morgan fingerprint density at radius 1 is 1.37 bits per heavy atom. The second-order valence-corrected chi connectivity index (χ2v) is 5.89. The van der Waals surface area contributed by atoms with Gasteiger partial charge in [-0.05, 0) is 60.1 Å².